The Bertz CT molecular complexity index is 490. The molecule has 0 radical (unpaired) electrons. The lowest BCUT2D eigenvalue weighted by Crippen LogP contribution is -2.47. The Morgan fingerprint density at radius 3 is 2.60 bits per heavy atom. The number of hydrogen-bond donors (Lipinski definition) is 1. The number of nitrogens with zero attached hydrogens (tertiary/aromatic N) is 2. The highest BCUT2D eigenvalue weighted by Crippen LogP contribution is 2.39. The van der Waals surface area contributed by atoms with Gasteiger partial charge in [-0.1, -0.05) is 0 Å². The number of carbonyl (C=O) groups is 1. The van der Waals surface area contributed by atoms with Gasteiger partial charge in [-0.25, -0.2) is 4.39 Å². The van der Waals surface area contributed by atoms with Gasteiger partial charge in [0.15, 0.2) is 5.82 Å². The van der Waals surface area contributed by atoms with Crippen molar-refractivity contribution in [2.24, 2.45) is 5.41 Å². The van der Waals surface area contributed by atoms with Crippen LogP contribution < -0.4 is 5.32 Å². The van der Waals surface area contributed by atoms with Crippen LogP contribution in [0.5, 0.6) is 0 Å². The van der Waals surface area contributed by atoms with E-state index in [4.69, 9.17) is 0 Å². The first-order valence-electron chi connectivity index (χ1n) is 7.30. The summed E-state index contributed by atoms with van der Waals surface area (Å²) in [5, 5.41) is 3.39. The minimum absolute atomic E-state index is 0.140. The Labute approximate surface area is 118 Å². The maximum Gasteiger partial charge on any atom is 0.256 e. The van der Waals surface area contributed by atoms with Crippen LogP contribution in [0.3, 0.4) is 0 Å². The number of rotatable bonds is 1. The average Bonchev–Trinajstić information content (AvgIpc) is 2.49. The number of pyridine rings is 1. The highest BCUT2D eigenvalue weighted by Gasteiger charge is 2.37. The van der Waals surface area contributed by atoms with Crippen molar-refractivity contribution in [2.45, 2.75) is 25.7 Å². The molecule has 2 aliphatic heterocycles. The van der Waals surface area contributed by atoms with Gasteiger partial charge in [-0.2, -0.15) is 0 Å². The summed E-state index contributed by atoms with van der Waals surface area (Å²) in [5.74, 6) is -0.728. The van der Waals surface area contributed by atoms with Crippen LogP contribution in [0.15, 0.2) is 18.5 Å². The maximum atomic E-state index is 13.6. The van der Waals surface area contributed by atoms with Crippen LogP contribution in [-0.2, 0) is 0 Å². The summed E-state index contributed by atoms with van der Waals surface area (Å²) < 4.78 is 13.6. The second-order valence-corrected chi connectivity index (χ2v) is 5.90. The standard InChI is InChI=1S/C15H20FN3O/c16-13-11-18-6-1-12(13)14(20)19-9-4-15(5-10-19)2-7-17-8-3-15/h1,6,11,17H,2-5,7-10H2. The van der Waals surface area contributed by atoms with E-state index in [0.29, 0.717) is 5.41 Å². The number of piperidine rings is 2. The minimum atomic E-state index is -0.528. The van der Waals surface area contributed by atoms with Crippen molar-refractivity contribution in [3.63, 3.8) is 0 Å². The lowest BCUT2D eigenvalue weighted by molar-refractivity contribution is 0.0492. The first kappa shape index (κ1) is 13.5. The summed E-state index contributed by atoms with van der Waals surface area (Å²) in [7, 11) is 0. The molecule has 3 rings (SSSR count). The van der Waals surface area contributed by atoms with Crippen molar-refractivity contribution in [3.05, 3.63) is 29.8 Å². The smallest absolute Gasteiger partial charge is 0.256 e. The van der Waals surface area contributed by atoms with Crippen molar-refractivity contribution >= 4 is 5.91 Å². The van der Waals surface area contributed by atoms with Crippen molar-refractivity contribution in [1.82, 2.24) is 15.2 Å². The van der Waals surface area contributed by atoms with Gasteiger partial charge >= 0.3 is 0 Å². The Morgan fingerprint density at radius 1 is 1.25 bits per heavy atom. The topological polar surface area (TPSA) is 45.2 Å². The summed E-state index contributed by atoms with van der Waals surface area (Å²) in [6.07, 6.45) is 7.03. The molecule has 1 spiro atoms. The van der Waals surface area contributed by atoms with Crippen LogP contribution in [0.2, 0.25) is 0 Å². The summed E-state index contributed by atoms with van der Waals surface area (Å²) in [6.45, 7) is 3.63. The summed E-state index contributed by atoms with van der Waals surface area (Å²) in [5.41, 5.74) is 0.542. The Hall–Kier alpha value is -1.49. The van der Waals surface area contributed by atoms with E-state index in [-0.39, 0.29) is 11.5 Å². The van der Waals surface area contributed by atoms with E-state index in [9.17, 15) is 9.18 Å². The predicted octanol–water partition coefficient (Wildman–Crippen LogP) is 1.83. The summed E-state index contributed by atoms with van der Waals surface area (Å²) >= 11 is 0. The lowest BCUT2D eigenvalue weighted by Gasteiger charge is -2.44. The Balaban J connectivity index is 1.66. The molecule has 0 atom stereocenters. The molecule has 0 unspecified atom stereocenters. The molecule has 3 heterocycles. The average molecular weight is 277 g/mol. The largest absolute Gasteiger partial charge is 0.339 e. The Morgan fingerprint density at radius 2 is 1.95 bits per heavy atom. The monoisotopic (exact) mass is 277 g/mol. The van der Waals surface area contributed by atoms with Crippen molar-refractivity contribution < 1.29 is 9.18 Å². The molecule has 0 bridgehead atoms. The number of likely N-dealkylation sites (tertiary alicyclic amines) is 1. The van der Waals surface area contributed by atoms with E-state index in [1.165, 1.54) is 25.1 Å². The second kappa shape index (κ2) is 5.48. The molecule has 4 nitrogen and oxygen atoms in total. The molecular weight excluding hydrogens is 257 g/mol. The fraction of sp³-hybridized carbons (Fsp3) is 0.600. The third kappa shape index (κ3) is 2.54. The molecule has 2 aliphatic rings. The molecule has 0 aromatic carbocycles. The number of amides is 1. The SMILES string of the molecule is O=C(c1ccncc1F)N1CCC2(CCNCC2)CC1. The van der Waals surface area contributed by atoms with Gasteiger partial charge in [0.2, 0.25) is 0 Å². The fourth-order valence-electron chi connectivity index (χ4n) is 3.36. The number of nitrogens with one attached hydrogen (secondary N) is 1. The zero-order valence-electron chi connectivity index (χ0n) is 11.6. The highest BCUT2D eigenvalue weighted by molar-refractivity contribution is 5.94. The van der Waals surface area contributed by atoms with Crippen LogP contribution in [0.1, 0.15) is 36.0 Å². The minimum Gasteiger partial charge on any atom is -0.339 e. The van der Waals surface area contributed by atoms with Crippen molar-refractivity contribution in [1.29, 1.82) is 0 Å². The number of aromatic nitrogens is 1. The fourth-order valence-corrected chi connectivity index (χ4v) is 3.36. The van der Waals surface area contributed by atoms with E-state index in [0.717, 1.165) is 45.2 Å². The quantitative estimate of drug-likeness (QED) is 0.851. The van der Waals surface area contributed by atoms with E-state index in [1.807, 2.05) is 0 Å². The summed E-state index contributed by atoms with van der Waals surface area (Å²) in [6, 6.07) is 1.46. The molecule has 1 amide bonds. The van der Waals surface area contributed by atoms with E-state index < -0.39 is 5.82 Å². The molecule has 1 N–H and O–H groups in total. The van der Waals surface area contributed by atoms with Gasteiger partial charge in [0.25, 0.3) is 5.91 Å². The van der Waals surface area contributed by atoms with E-state index >= 15 is 0 Å². The molecule has 20 heavy (non-hydrogen) atoms. The van der Waals surface area contributed by atoms with Gasteiger partial charge in [-0.15, -0.1) is 0 Å². The van der Waals surface area contributed by atoms with Gasteiger partial charge in [0.05, 0.1) is 11.8 Å². The van der Waals surface area contributed by atoms with Gasteiger partial charge in [-0.05, 0) is 50.3 Å². The zero-order chi connectivity index (χ0) is 14.0. The molecule has 0 saturated carbocycles. The Kier molecular flexibility index (Phi) is 3.70. The van der Waals surface area contributed by atoms with Gasteiger partial charge in [0, 0.05) is 19.3 Å². The highest BCUT2D eigenvalue weighted by atomic mass is 19.1. The van der Waals surface area contributed by atoms with Gasteiger partial charge in [0.1, 0.15) is 0 Å². The molecule has 2 saturated heterocycles. The van der Waals surface area contributed by atoms with Crippen LogP contribution in [-0.4, -0.2) is 42.0 Å². The first-order valence-corrected chi connectivity index (χ1v) is 7.30. The van der Waals surface area contributed by atoms with E-state index in [1.54, 1.807) is 4.90 Å². The molecule has 1 aromatic heterocycles. The van der Waals surface area contributed by atoms with Gasteiger partial charge < -0.3 is 10.2 Å². The van der Waals surface area contributed by atoms with Crippen LogP contribution >= 0.6 is 0 Å². The molecule has 2 fully saturated rings. The number of carbonyl (C=O) groups excluding carboxylic acids is 1. The number of hydrogen-bond acceptors (Lipinski definition) is 3. The third-order valence-electron chi connectivity index (χ3n) is 4.78. The number of halogens is 1. The van der Waals surface area contributed by atoms with E-state index in [2.05, 4.69) is 10.3 Å². The van der Waals surface area contributed by atoms with Gasteiger partial charge in [-0.3, -0.25) is 9.78 Å². The zero-order valence-corrected chi connectivity index (χ0v) is 11.6. The second-order valence-electron chi connectivity index (χ2n) is 5.90. The molecule has 0 aliphatic carbocycles. The van der Waals surface area contributed by atoms with Crippen LogP contribution in [0.4, 0.5) is 4.39 Å². The van der Waals surface area contributed by atoms with Crippen molar-refractivity contribution in [3.8, 4) is 0 Å². The normalized spacial score (nSPS) is 21.9. The van der Waals surface area contributed by atoms with Crippen LogP contribution in [0.25, 0.3) is 0 Å². The maximum absolute atomic E-state index is 13.6. The lowest BCUT2D eigenvalue weighted by atomic mass is 9.71. The predicted molar refractivity (Wildman–Crippen MR) is 73.9 cm³/mol. The molecule has 108 valence electrons. The molecule has 1 aromatic rings. The summed E-state index contributed by atoms with van der Waals surface area (Å²) in [4.78, 5) is 17.8. The molecular formula is C15H20FN3O. The third-order valence-corrected chi connectivity index (χ3v) is 4.78. The van der Waals surface area contributed by atoms with Crippen molar-refractivity contribution in [2.75, 3.05) is 26.2 Å². The van der Waals surface area contributed by atoms with Crippen LogP contribution in [0, 0.1) is 11.2 Å². The first-order chi connectivity index (χ1) is 9.70. The molecule has 5 heteroatoms.